The molecule has 0 aliphatic carbocycles. The lowest BCUT2D eigenvalue weighted by Crippen LogP contribution is -2.42. The smallest absolute Gasteiger partial charge is 0.256 e. The van der Waals surface area contributed by atoms with Gasteiger partial charge in [0.05, 0.1) is 12.2 Å². The first kappa shape index (κ1) is 16.9. The minimum atomic E-state index is -0.557. The molecule has 2 amide bonds. The molecule has 0 unspecified atom stereocenters. The number of carbonyl (C=O) groups excluding carboxylic acids is 2. The van der Waals surface area contributed by atoms with E-state index in [1.807, 2.05) is 0 Å². The zero-order valence-corrected chi connectivity index (χ0v) is 12.4. The van der Waals surface area contributed by atoms with E-state index in [0.29, 0.717) is 0 Å². The van der Waals surface area contributed by atoms with Crippen LogP contribution in [-0.2, 0) is 9.53 Å². The van der Waals surface area contributed by atoms with E-state index in [1.54, 1.807) is 14.1 Å². The van der Waals surface area contributed by atoms with Gasteiger partial charge in [-0.15, -0.1) is 0 Å². The number of carbonyl (C=O) groups is 2. The van der Waals surface area contributed by atoms with Crippen LogP contribution in [0.2, 0.25) is 0 Å². The van der Waals surface area contributed by atoms with Crippen molar-refractivity contribution in [2.45, 2.75) is 0 Å². The Morgan fingerprint density at radius 2 is 2.00 bits per heavy atom. The molecule has 2 N–H and O–H groups in total. The molecule has 0 aromatic heterocycles. The van der Waals surface area contributed by atoms with Gasteiger partial charge in [0.2, 0.25) is 5.91 Å². The van der Waals surface area contributed by atoms with Gasteiger partial charge in [0, 0.05) is 33.4 Å². The van der Waals surface area contributed by atoms with Crippen molar-refractivity contribution in [2.24, 2.45) is 0 Å². The number of hydrogen-bond donors (Lipinski definition) is 1. The number of ether oxygens (including phenoxy) is 1. The molecule has 0 saturated carbocycles. The summed E-state index contributed by atoms with van der Waals surface area (Å²) in [7, 11) is 4.68. The Morgan fingerprint density at radius 3 is 2.57 bits per heavy atom. The van der Waals surface area contributed by atoms with E-state index in [2.05, 4.69) is 0 Å². The zero-order chi connectivity index (χ0) is 16.0. The Morgan fingerprint density at radius 1 is 1.33 bits per heavy atom. The summed E-state index contributed by atoms with van der Waals surface area (Å²) in [6.45, 7) is 0.359. The van der Waals surface area contributed by atoms with Crippen LogP contribution >= 0.6 is 0 Å². The SMILES string of the molecule is COCCN(CC(=O)N(C)C)C(=O)c1cc(F)ccc1N. The fourth-order valence-corrected chi connectivity index (χ4v) is 1.64. The Kier molecular flexibility index (Phi) is 6.10. The van der Waals surface area contributed by atoms with Crippen LogP contribution in [0.3, 0.4) is 0 Å². The molecule has 0 bridgehead atoms. The second-order valence-electron chi connectivity index (χ2n) is 4.74. The maximum atomic E-state index is 13.3. The molecule has 1 aromatic carbocycles. The van der Waals surface area contributed by atoms with Crippen LogP contribution in [0.15, 0.2) is 18.2 Å². The van der Waals surface area contributed by atoms with E-state index in [-0.39, 0.29) is 36.9 Å². The van der Waals surface area contributed by atoms with Gasteiger partial charge < -0.3 is 20.3 Å². The van der Waals surface area contributed by atoms with Crippen LogP contribution in [0.4, 0.5) is 10.1 Å². The van der Waals surface area contributed by atoms with Crippen LogP contribution in [-0.4, -0.2) is 62.5 Å². The van der Waals surface area contributed by atoms with Gasteiger partial charge in [0.15, 0.2) is 0 Å². The average Bonchev–Trinajstić information content (AvgIpc) is 2.44. The van der Waals surface area contributed by atoms with Gasteiger partial charge in [-0.25, -0.2) is 4.39 Å². The zero-order valence-electron chi connectivity index (χ0n) is 12.4. The van der Waals surface area contributed by atoms with Crippen LogP contribution in [0, 0.1) is 5.82 Å². The molecule has 0 aliphatic rings. The van der Waals surface area contributed by atoms with Crippen molar-refractivity contribution in [3.05, 3.63) is 29.6 Å². The fraction of sp³-hybridized carbons (Fsp3) is 0.429. The quantitative estimate of drug-likeness (QED) is 0.780. The summed E-state index contributed by atoms with van der Waals surface area (Å²) < 4.78 is 18.2. The van der Waals surface area contributed by atoms with Crippen LogP contribution in [0.1, 0.15) is 10.4 Å². The Bertz CT molecular complexity index is 520. The van der Waals surface area contributed by atoms with E-state index in [1.165, 1.54) is 29.0 Å². The molecule has 7 heteroatoms. The molecule has 0 atom stereocenters. The fourth-order valence-electron chi connectivity index (χ4n) is 1.64. The molecule has 0 aliphatic heterocycles. The highest BCUT2D eigenvalue weighted by Gasteiger charge is 2.21. The van der Waals surface area contributed by atoms with E-state index >= 15 is 0 Å². The van der Waals surface area contributed by atoms with Crippen LogP contribution in [0.5, 0.6) is 0 Å². The number of benzene rings is 1. The minimum Gasteiger partial charge on any atom is -0.398 e. The van der Waals surface area contributed by atoms with Crippen molar-refractivity contribution in [1.82, 2.24) is 9.80 Å². The largest absolute Gasteiger partial charge is 0.398 e. The maximum absolute atomic E-state index is 13.3. The minimum absolute atomic E-state index is 0.0395. The van der Waals surface area contributed by atoms with E-state index in [4.69, 9.17) is 10.5 Å². The Labute approximate surface area is 123 Å². The first-order valence-corrected chi connectivity index (χ1v) is 6.40. The molecule has 1 rings (SSSR count). The lowest BCUT2D eigenvalue weighted by Gasteiger charge is -2.24. The molecule has 0 radical (unpaired) electrons. The van der Waals surface area contributed by atoms with E-state index in [9.17, 15) is 14.0 Å². The summed E-state index contributed by atoms with van der Waals surface area (Å²) in [5, 5.41) is 0. The van der Waals surface area contributed by atoms with Gasteiger partial charge in [-0.05, 0) is 18.2 Å². The highest BCUT2D eigenvalue weighted by atomic mass is 19.1. The molecule has 21 heavy (non-hydrogen) atoms. The molecule has 1 aromatic rings. The number of likely N-dealkylation sites (N-methyl/N-ethyl adjacent to an activating group) is 1. The van der Waals surface area contributed by atoms with E-state index < -0.39 is 11.7 Å². The second-order valence-corrected chi connectivity index (χ2v) is 4.74. The lowest BCUT2D eigenvalue weighted by molar-refractivity contribution is -0.129. The van der Waals surface area contributed by atoms with Crippen molar-refractivity contribution < 1.29 is 18.7 Å². The lowest BCUT2D eigenvalue weighted by atomic mass is 10.1. The monoisotopic (exact) mass is 297 g/mol. The number of rotatable bonds is 6. The van der Waals surface area contributed by atoms with Gasteiger partial charge in [-0.1, -0.05) is 0 Å². The molecular formula is C14H20FN3O3. The summed E-state index contributed by atoms with van der Waals surface area (Å²) in [4.78, 5) is 26.9. The Hall–Kier alpha value is -2.15. The third kappa shape index (κ3) is 4.71. The molecule has 0 fully saturated rings. The topological polar surface area (TPSA) is 75.9 Å². The third-order valence-electron chi connectivity index (χ3n) is 2.92. The predicted molar refractivity (Wildman–Crippen MR) is 77.3 cm³/mol. The number of methoxy groups -OCH3 is 1. The number of hydrogen-bond acceptors (Lipinski definition) is 4. The summed E-state index contributed by atoms with van der Waals surface area (Å²) in [5.41, 5.74) is 5.91. The van der Waals surface area contributed by atoms with Crippen molar-refractivity contribution in [1.29, 1.82) is 0 Å². The molecule has 6 nitrogen and oxygen atoms in total. The molecule has 0 heterocycles. The molecule has 0 spiro atoms. The summed E-state index contributed by atoms with van der Waals surface area (Å²) in [6, 6.07) is 3.57. The number of anilines is 1. The second kappa shape index (κ2) is 7.58. The summed E-state index contributed by atoms with van der Waals surface area (Å²) in [6.07, 6.45) is 0. The van der Waals surface area contributed by atoms with Crippen LogP contribution in [0.25, 0.3) is 0 Å². The Balaban J connectivity index is 2.98. The van der Waals surface area contributed by atoms with E-state index in [0.717, 1.165) is 6.07 Å². The summed E-state index contributed by atoms with van der Waals surface area (Å²) >= 11 is 0. The van der Waals surface area contributed by atoms with Crippen molar-refractivity contribution in [3.63, 3.8) is 0 Å². The number of halogens is 1. The molecule has 0 saturated heterocycles. The standard InChI is InChI=1S/C14H20FN3O3/c1-17(2)13(19)9-18(6-7-21-3)14(20)11-8-10(15)4-5-12(11)16/h4-5,8H,6-7,9,16H2,1-3H3. The van der Waals surface area contributed by atoms with Crippen molar-refractivity contribution in [3.8, 4) is 0 Å². The maximum Gasteiger partial charge on any atom is 0.256 e. The van der Waals surface area contributed by atoms with Gasteiger partial charge in [0.1, 0.15) is 12.4 Å². The number of nitrogen functional groups attached to an aromatic ring is 1. The van der Waals surface area contributed by atoms with Gasteiger partial charge in [-0.3, -0.25) is 9.59 Å². The first-order chi connectivity index (χ1) is 9.86. The highest BCUT2D eigenvalue weighted by molar-refractivity contribution is 6.00. The molecule has 116 valence electrons. The molecular weight excluding hydrogens is 277 g/mol. The average molecular weight is 297 g/mol. The van der Waals surface area contributed by atoms with Crippen molar-refractivity contribution >= 4 is 17.5 Å². The number of nitrogens with two attached hydrogens (primary N) is 1. The highest BCUT2D eigenvalue weighted by Crippen LogP contribution is 2.16. The van der Waals surface area contributed by atoms with Crippen LogP contribution < -0.4 is 5.73 Å². The number of nitrogens with zero attached hydrogens (tertiary/aromatic N) is 2. The van der Waals surface area contributed by atoms with Gasteiger partial charge in [-0.2, -0.15) is 0 Å². The first-order valence-electron chi connectivity index (χ1n) is 6.40. The van der Waals surface area contributed by atoms with Gasteiger partial charge in [0.25, 0.3) is 5.91 Å². The normalized spacial score (nSPS) is 10.3. The number of amides is 2. The van der Waals surface area contributed by atoms with Crippen molar-refractivity contribution in [2.75, 3.05) is 46.6 Å². The summed E-state index contributed by atoms with van der Waals surface area (Å²) in [5.74, 6) is -1.30. The van der Waals surface area contributed by atoms with Gasteiger partial charge >= 0.3 is 0 Å². The predicted octanol–water partition coefficient (Wildman–Crippen LogP) is 0.585. The third-order valence-corrected chi connectivity index (χ3v) is 2.92.